The standard InChI is InChI=1S/C22H20ClN3O6S/c1-32-20-11-6-17(22(27)24-13-15-4-9-19(10-5-15)26(28)29)12-21(20)33(30,31)25-14-16-2-7-18(23)8-3-16/h2-12,25H,13-14H2,1H3,(H,24,27). The zero-order valence-corrected chi connectivity index (χ0v) is 19.0. The number of nitrogens with one attached hydrogen (secondary N) is 2. The van der Waals surface area contributed by atoms with Crippen molar-refractivity contribution in [2.45, 2.75) is 18.0 Å². The molecule has 0 spiro atoms. The van der Waals surface area contributed by atoms with Gasteiger partial charge >= 0.3 is 0 Å². The minimum absolute atomic E-state index is 0.0270. The fraction of sp³-hybridized carbons (Fsp3) is 0.136. The van der Waals surface area contributed by atoms with Gasteiger partial charge in [-0.3, -0.25) is 14.9 Å². The largest absolute Gasteiger partial charge is 0.495 e. The fourth-order valence-corrected chi connectivity index (χ4v) is 4.24. The van der Waals surface area contributed by atoms with Gasteiger partial charge in [0, 0.05) is 35.8 Å². The molecule has 0 aliphatic rings. The Morgan fingerprint density at radius 1 is 1.00 bits per heavy atom. The first-order chi connectivity index (χ1) is 15.7. The maximum atomic E-state index is 12.9. The number of ether oxygens (including phenoxy) is 1. The number of sulfonamides is 1. The maximum absolute atomic E-state index is 12.9. The zero-order chi connectivity index (χ0) is 24.0. The molecule has 0 saturated heterocycles. The normalized spacial score (nSPS) is 11.1. The number of carbonyl (C=O) groups excluding carboxylic acids is 1. The van der Waals surface area contributed by atoms with E-state index in [-0.39, 0.29) is 35.0 Å². The van der Waals surface area contributed by atoms with Crippen LogP contribution in [0, 0.1) is 10.1 Å². The van der Waals surface area contributed by atoms with E-state index in [9.17, 15) is 23.3 Å². The molecule has 0 atom stereocenters. The van der Waals surface area contributed by atoms with Crippen LogP contribution in [0.4, 0.5) is 5.69 Å². The quantitative estimate of drug-likeness (QED) is 0.348. The number of nitrogens with zero attached hydrogens (tertiary/aromatic N) is 1. The van der Waals surface area contributed by atoms with Gasteiger partial charge in [0.25, 0.3) is 11.6 Å². The number of hydrogen-bond donors (Lipinski definition) is 2. The number of benzene rings is 3. The Hall–Kier alpha value is -3.47. The molecule has 3 aromatic rings. The third-order valence-corrected chi connectivity index (χ3v) is 6.37. The third-order valence-electron chi connectivity index (χ3n) is 4.70. The molecule has 33 heavy (non-hydrogen) atoms. The van der Waals surface area contributed by atoms with Gasteiger partial charge in [0.05, 0.1) is 12.0 Å². The molecule has 0 heterocycles. The number of non-ortho nitro benzene ring substituents is 1. The second kappa shape index (κ2) is 10.4. The Labute approximate surface area is 195 Å². The second-order valence-corrected chi connectivity index (χ2v) is 9.09. The highest BCUT2D eigenvalue weighted by Crippen LogP contribution is 2.25. The average molecular weight is 490 g/mol. The third kappa shape index (κ3) is 6.28. The summed E-state index contributed by atoms with van der Waals surface area (Å²) >= 11 is 5.85. The minimum atomic E-state index is -4.00. The SMILES string of the molecule is COc1ccc(C(=O)NCc2ccc([N+](=O)[O-])cc2)cc1S(=O)(=O)NCc1ccc(Cl)cc1. The number of nitro groups is 1. The van der Waals surface area contributed by atoms with Gasteiger partial charge in [-0.05, 0) is 41.5 Å². The van der Waals surface area contributed by atoms with E-state index < -0.39 is 20.9 Å². The molecule has 172 valence electrons. The summed E-state index contributed by atoms with van der Waals surface area (Å²) < 4.78 is 33.4. The number of amides is 1. The molecule has 0 aliphatic heterocycles. The fourth-order valence-electron chi connectivity index (χ4n) is 2.91. The van der Waals surface area contributed by atoms with Gasteiger partial charge in [0.2, 0.25) is 10.0 Å². The van der Waals surface area contributed by atoms with Crippen LogP contribution < -0.4 is 14.8 Å². The topological polar surface area (TPSA) is 128 Å². The van der Waals surface area contributed by atoms with E-state index in [1.54, 1.807) is 24.3 Å². The monoisotopic (exact) mass is 489 g/mol. The first-order valence-electron chi connectivity index (χ1n) is 9.63. The summed E-state index contributed by atoms with van der Waals surface area (Å²) in [5.41, 5.74) is 1.42. The number of nitro benzene ring substituents is 1. The van der Waals surface area contributed by atoms with E-state index >= 15 is 0 Å². The lowest BCUT2D eigenvalue weighted by atomic mass is 10.1. The van der Waals surface area contributed by atoms with Crippen molar-refractivity contribution in [3.63, 3.8) is 0 Å². The predicted octanol–water partition coefficient (Wildman–Crippen LogP) is 3.67. The van der Waals surface area contributed by atoms with E-state index in [1.165, 1.54) is 49.6 Å². The number of hydrogen-bond acceptors (Lipinski definition) is 6. The summed E-state index contributed by atoms with van der Waals surface area (Å²) in [6.07, 6.45) is 0. The molecule has 0 unspecified atom stereocenters. The number of halogens is 1. The lowest BCUT2D eigenvalue weighted by Crippen LogP contribution is -2.26. The van der Waals surface area contributed by atoms with Crippen LogP contribution in [0.15, 0.2) is 71.6 Å². The Bertz CT molecular complexity index is 1260. The molecule has 3 rings (SSSR count). The lowest BCUT2D eigenvalue weighted by molar-refractivity contribution is -0.384. The van der Waals surface area contributed by atoms with Gasteiger partial charge in [0.15, 0.2) is 0 Å². The number of methoxy groups -OCH3 is 1. The van der Waals surface area contributed by atoms with E-state index in [1.807, 2.05) is 0 Å². The van der Waals surface area contributed by atoms with Crippen molar-refractivity contribution in [3.8, 4) is 5.75 Å². The van der Waals surface area contributed by atoms with Gasteiger partial charge in [-0.2, -0.15) is 0 Å². The summed E-state index contributed by atoms with van der Waals surface area (Å²) in [7, 11) is -2.66. The molecule has 0 saturated carbocycles. The molecule has 3 aromatic carbocycles. The van der Waals surface area contributed by atoms with E-state index in [4.69, 9.17) is 16.3 Å². The molecule has 1 amide bonds. The van der Waals surface area contributed by atoms with Gasteiger partial charge in [-0.1, -0.05) is 35.9 Å². The van der Waals surface area contributed by atoms with Crippen LogP contribution in [0.5, 0.6) is 5.75 Å². The smallest absolute Gasteiger partial charge is 0.269 e. The van der Waals surface area contributed by atoms with Gasteiger partial charge < -0.3 is 10.1 Å². The predicted molar refractivity (Wildman–Crippen MR) is 123 cm³/mol. The van der Waals surface area contributed by atoms with Crippen LogP contribution in [0.25, 0.3) is 0 Å². The van der Waals surface area contributed by atoms with Crippen LogP contribution in [0.1, 0.15) is 21.5 Å². The zero-order valence-electron chi connectivity index (χ0n) is 17.4. The molecular formula is C22H20ClN3O6S. The van der Waals surface area contributed by atoms with Crippen LogP contribution in [-0.4, -0.2) is 26.4 Å². The highest BCUT2D eigenvalue weighted by Gasteiger charge is 2.21. The van der Waals surface area contributed by atoms with Crippen LogP contribution in [0.2, 0.25) is 5.02 Å². The van der Waals surface area contributed by atoms with Crippen molar-refractivity contribution in [3.05, 3.63) is 98.6 Å². The molecule has 11 heteroatoms. The van der Waals surface area contributed by atoms with E-state index in [0.29, 0.717) is 16.1 Å². The van der Waals surface area contributed by atoms with Crippen molar-refractivity contribution in [1.29, 1.82) is 0 Å². The van der Waals surface area contributed by atoms with E-state index in [0.717, 1.165) is 0 Å². The van der Waals surface area contributed by atoms with Crippen molar-refractivity contribution in [2.75, 3.05) is 7.11 Å². The highest BCUT2D eigenvalue weighted by molar-refractivity contribution is 7.89. The number of rotatable bonds is 9. The molecule has 9 nitrogen and oxygen atoms in total. The molecule has 2 N–H and O–H groups in total. The Morgan fingerprint density at radius 3 is 2.21 bits per heavy atom. The van der Waals surface area contributed by atoms with Gasteiger partial charge in [-0.25, -0.2) is 13.1 Å². The van der Waals surface area contributed by atoms with Crippen LogP contribution in [-0.2, 0) is 23.1 Å². The molecule has 0 bridgehead atoms. The Morgan fingerprint density at radius 2 is 1.61 bits per heavy atom. The molecule has 0 fully saturated rings. The van der Waals surface area contributed by atoms with Crippen LogP contribution in [0.3, 0.4) is 0 Å². The molecule has 0 radical (unpaired) electrons. The second-order valence-electron chi connectivity index (χ2n) is 6.92. The minimum Gasteiger partial charge on any atom is -0.495 e. The molecule has 0 aliphatic carbocycles. The number of carbonyl (C=O) groups is 1. The van der Waals surface area contributed by atoms with Gasteiger partial charge in [-0.15, -0.1) is 0 Å². The summed E-state index contributed by atoms with van der Waals surface area (Å²) in [5, 5.41) is 13.9. The first-order valence-corrected chi connectivity index (χ1v) is 11.5. The van der Waals surface area contributed by atoms with Gasteiger partial charge in [0.1, 0.15) is 10.6 Å². The van der Waals surface area contributed by atoms with E-state index in [2.05, 4.69) is 10.0 Å². The highest BCUT2D eigenvalue weighted by atomic mass is 35.5. The molecular weight excluding hydrogens is 470 g/mol. The maximum Gasteiger partial charge on any atom is 0.269 e. The summed E-state index contributed by atoms with van der Waals surface area (Å²) in [6, 6.07) is 16.5. The Balaban J connectivity index is 1.73. The summed E-state index contributed by atoms with van der Waals surface area (Å²) in [5.74, 6) is -0.421. The molecule has 0 aromatic heterocycles. The first kappa shape index (κ1) is 24.2. The van der Waals surface area contributed by atoms with Crippen LogP contribution >= 0.6 is 11.6 Å². The lowest BCUT2D eigenvalue weighted by Gasteiger charge is -2.13. The van der Waals surface area contributed by atoms with Crippen molar-refractivity contribution < 1.29 is 22.9 Å². The average Bonchev–Trinajstić information content (AvgIpc) is 2.82. The van der Waals surface area contributed by atoms with Crippen molar-refractivity contribution >= 4 is 33.2 Å². The summed E-state index contributed by atoms with van der Waals surface area (Å²) in [6.45, 7) is 0.138. The Kier molecular flexibility index (Phi) is 7.64. The summed E-state index contributed by atoms with van der Waals surface area (Å²) in [4.78, 5) is 22.6. The van der Waals surface area contributed by atoms with Crippen molar-refractivity contribution in [2.24, 2.45) is 0 Å². The van der Waals surface area contributed by atoms with Crippen molar-refractivity contribution in [1.82, 2.24) is 10.0 Å².